The minimum atomic E-state index is 0.642. The van der Waals surface area contributed by atoms with Crippen molar-refractivity contribution in [3.8, 4) is 11.5 Å². The van der Waals surface area contributed by atoms with Gasteiger partial charge in [0.25, 0.3) is 0 Å². The van der Waals surface area contributed by atoms with Crippen LogP contribution in [0.4, 0.5) is 0 Å². The van der Waals surface area contributed by atoms with Gasteiger partial charge in [-0.2, -0.15) is 0 Å². The van der Waals surface area contributed by atoms with Gasteiger partial charge in [-0.3, -0.25) is 0 Å². The van der Waals surface area contributed by atoms with Crippen molar-refractivity contribution in [1.29, 1.82) is 0 Å². The van der Waals surface area contributed by atoms with E-state index in [1.54, 1.807) is 0 Å². The second-order valence-electron chi connectivity index (χ2n) is 4.66. The highest BCUT2D eigenvalue weighted by molar-refractivity contribution is 5.34. The molecule has 0 spiro atoms. The van der Waals surface area contributed by atoms with Crippen molar-refractivity contribution in [2.45, 2.75) is 27.1 Å². The Morgan fingerprint density at radius 1 is 0.619 bits per heavy atom. The third-order valence-corrected chi connectivity index (χ3v) is 3.03. The van der Waals surface area contributed by atoms with E-state index in [4.69, 9.17) is 14.2 Å². The van der Waals surface area contributed by atoms with E-state index in [2.05, 4.69) is 0 Å². The molecular weight excluding hydrogens is 264 g/mol. The summed E-state index contributed by atoms with van der Waals surface area (Å²) in [5.41, 5.74) is 2.30. The molecule has 0 aliphatic heterocycles. The molecule has 0 saturated carbocycles. The molecule has 0 unspecified atom stereocenters. The summed E-state index contributed by atoms with van der Waals surface area (Å²) in [6.07, 6.45) is 0. The molecule has 2 aromatic carbocycles. The van der Waals surface area contributed by atoms with Gasteiger partial charge in [0.1, 0.15) is 11.5 Å². The van der Waals surface area contributed by atoms with Gasteiger partial charge < -0.3 is 14.2 Å². The lowest BCUT2D eigenvalue weighted by Crippen LogP contribution is -1.93. The van der Waals surface area contributed by atoms with E-state index in [0.717, 1.165) is 35.8 Å². The maximum Gasteiger partial charge on any atom is 0.127 e. The van der Waals surface area contributed by atoms with E-state index in [1.165, 1.54) is 0 Å². The average molecular weight is 286 g/mol. The lowest BCUT2D eigenvalue weighted by Gasteiger charge is -2.08. The van der Waals surface area contributed by atoms with E-state index in [9.17, 15) is 0 Å². The Labute approximate surface area is 126 Å². The first-order valence-corrected chi connectivity index (χ1v) is 7.33. The highest BCUT2D eigenvalue weighted by Gasteiger charge is 1.99. The Morgan fingerprint density at radius 3 is 1.33 bits per heavy atom. The summed E-state index contributed by atoms with van der Waals surface area (Å²) in [6.45, 7) is 6.73. The Balaban J connectivity index is 1.91. The standard InChI is InChI=1S/C18H22O3/c1-3-19-13-15-5-9-17(10-6-15)21-18-11-7-16(8-12-18)14-20-4-2/h5-12H,3-4,13-14H2,1-2H3. The molecule has 3 nitrogen and oxygen atoms in total. The molecule has 0 aromatic heterocycles. The third-order valence-electron chi connectivity index (χ3n) is 3.03. The Bertz CT molecular complexity index is 468. The van der Waals surface area contributed by atoms with E-state index in [1.807, 2.05) is 62.4 Å². The van der Waals surface area contributed by atoms with Crippen LogP contribution in [0.15, 0.2) is 48.5 Å². The molecule has 112 valence electrons. The van der Waals surface area contributed by atoms with Crippen molar-refractivity contribution in [2.75, 3.05) is 13.2 Å². The summed E-state index contributed by atoms with van der Waals surface area (Å²) in [5.74, 6) is 1.65. The molecule has 0 bridgehead atoms. The summed E-state index contributed by atoms with van der Waals surface area (Å²) < 4.78 is 16.6. The van der Waals surface area contributed by atoms with Gasteiger partial charge in [0.2, 0.25) is 0 Å². The van der Waals surface area contributed by atoms with Gasteiger partial charge in [0.05, 0.1) is 13.2 Å². The monoisotopic (exact) mass is 286 g/mol. The molecule has 2 aromatic rings. The second kappa shape index (κ2) is 8.45. The molecule has 3 heteroatoms. The van der Waals surface area contributed by atoms with Crippen LogP contribution >= 0.6 is 0 Å². The van der Waals surface area contributed by atoms with Crippen molar-refractivity contribution in [3.05, 3.63) is 59.7 Å². The zero-order valence-electron chi connectivity index (χ0n) is 12.7. The average Bonchev–Trinajstić information content (AvgIpc) is 2.53. The number of ether oxygens (including phenoxy) is 3. The molecule has 0 heterocycles. The first kappa shape index (κ1) is 15.5. The molecule has 0 aliphatic rings. The molecule has 21 heavy (non-hydrogen) atoms. The molecule has 0 aliphatic carbocycles. The quantitative estimate of drug-likeness (QED) is 0.712. The summed E-state index contributed by atoms with van der Waals surface area (Å²) in [7, 11) is 0. The van der Waals surface area contributed by atoms with Crippen molar-refractivity contribution >= 4 is 0 Å². The molecule has 0 amide bonds. The summed E-state index contributed by atoms with van der Waals surface area (Å²) in [4.78, 5) is 0. The van der Waals surface area contributed by atoms with Gasteiger partial charge in [0, 0.05) is 13.2 Å². The Morgan fingerprint density at radius 2 is 1.00 bits per heavy atom. The molecule has 0 radical (unpaired) electrons. The van der Waals surface area contributed by atoms with Crippen LogP contribution in [0.25, 0.3) is 0 Å². The van der Waals surface area contributed by atoms with Crippen LogP contribution in [0.1, 0.15) is 25.0 Å². The van der Waals surface area contributed by atoms with Crippen LogP contribution in [0, 0.1) is 0 Å². The fraction of sp³-hybridized carbons (Fsp3) is 0.333. The molecule has 0 fully saturated rings. The predicted molar refractivity (Wildman–Crippen MR) is 83.6 cm³/mol. The summed E-state index contributed by atoms with van der Waals surface area (Å²) in [5, 5.41) is 0. The Hall–Kier alpha value is -1.84. The molecule has 0 N–H and O–H groups in total. The van der Waals surface area contributed by atoms with Crippen molar-refractivity contribution in [3.63, 3.8) is 0 Å². The normalized spacial score (nSPS) is 10.6. The highest BCUT2D eigenvalue weighted by atomic mass is 16.5. The van der Waals surface area contributed by atoms with Crippen LogP contribution in [-0.2, 0) is 22.7 Å². The van der Waals surface area contributed by atoms with Gasteiger partial charge in [-0.25, -0.2) is 0 Å². The van der Waals surface area contributed by atoms with Gasteiger partial charge in [-0.1, -0.05) is 24.3 Å². The van der Waals surface area contributed by atoms with Crippen molar-refractivity contribution in [1.82, 2.24) is 0 Å². The van der Waals surface area contributed by atoms with E-state index >= 15 is 0 Å². The molecular formula is C18H22O3. The number of benzene rings is 2. The number of rotatable bonds is 8. The number of hydrogen-bond donors (Lipinski definition) is 0. The fourth-order valence-electron chi connectivity index (χ4n) is 1.88. The third kappa shape index (κ3) is 5.21. The lowest BCUT2D eigenvalue weighted by atomic mass is 10.2. The van der Waals surface area contributed by atoms with Gasteiger partial charge in [-0.15, -0.1) is 0 Å². The first-order chi connectivity index (χ1) is 10.3. The molecule has 0 atom stereocenters. The highest BCUT2D eigenvalue weighted by Crippen LogP contribution is 2.22. The van der Waals surface area contributed by atoms with E-state index < -0.39 is 0 Å². The molecule has 0 saturated heterocycles. The smallest absolute Gasteiger partial charge is 0.127 e. The van der Waals surface area contributed by atoms with Crippen LogP contribution in [0.5, 0.6) is 11.5 Å². The largest absolute Gasteiger partial charge is 0.457 e. The minimum absolute atomic E-state index is 0.642. The van der Waals surface area contributed by atoms with Crippen molar-refractivity contribution < 1.29 is 14.2 Å². The number of hydrogen-bond acceptors (Lipinski definition) is 3. The minimum Gasteiger partial charge on any atom is -0.457 e. The fourth-order valence-corrected chi connectivity index (χ4v) is 1.88. The zero-order valence-corrected chi connectivity index (χ0v) is 12.7. The van der Waals surface area contributed by atoms with Gasteiger partial charge in [-0.05, 0) is 49.2 Å². The second-order valence-corrected chi connectivity index (χ2v) is 4.66. The first-order valence-electron chi connectivity index (χ1n) is 7.33. The van der Waals surface area contributed by atoms with Crippen LogP contribution in [0.2, 0.25) is 0 Å². The Kier molecular flexibility index (Phi) is 6.25. The van der Waals surface area contributed by atoms with Gasteiger partial charge >= 0.3 is 0 Å². The lowest BCUT2D eigenvalue weighted by molar-refractivity contribution is 0.134. The molecule has 2 rings (SSSR count). The summed E-state index contributed by atoms with van der Waals surface area (Å²) >= 11 is 0. The van der Waals surface area contributed by atoms with Crippen molar-refractivity contribution in [2.24, 2.45) is 0 Å². The zero-order chi connectivity index (χ0) is 14.9. The topological polar surface area (TPSA) is 27.7 Å². The maximum atomic E-state index is 5.82. The SMILES string of the molecule is CCOCc1ccc(Oc2ccc(COCC)cc2)cc1. The predicted octanol–water partition coefficient (Wildman–Crippen LogP) is 4.55. The summed E-state index contributed by atoms with van der Waals surface area (Å²) in [6, 6.07) is 15.9. The van der Waals surface area contributed by atoms with Crippen LogP contribution in [0.3, 0.4) is 0 Å². The van der Waals surface area contributed by atoms with Gasteiger partial charge in [0.15, 0.2) is 0 Å². The van der Waals surface area contributed by atoms with Crippen LogP contribution in [-0.4, -0.2) is 13.2 Å². The van der Waals surface area contributed by atoms with Crippen LogP contribution < -0.4 is 4.74 Å². The van der Waals surface area contributed by atoms with E-state index in [0.29, 0.717) is 13.2 Å². The van der Waals surface area contributed by atoms with E-state index in [-0.39, 0.29) is 0 Å². The maximum absolute atomic E-state index is 5.82.